The van der Waals surface area contributed by atoms with Gasteiger partial charge in [-0.3, -0.25) is 4.79 Å². The number of hydrogen-bond donors (Lipinski definition) is 1. The number of nitrogens with zero attached hydrogens (tertiary/aromatic N) is 2. The molecular weight excluding hydrogens is 398 g/mol. The quantitative estimate of drug-likeness (QED) is 0.296. The van der Waals surface area contributed by atoms with Gasteiger partial charge in [-0.1, -0.05) is 25.5 Å². The summed E-state index contributed by atoms with van der Waals surface area (Å²) in [5.74, 6) is 1.05. The number of ether oxygens (including phenoxy) is 2. The molecule has 0 aliphatic heterocycles. The highest BCUT2D eigenvalue weighted by atomic mass is 32.1. The lowest BCUT2D eigenvalue weighted by Gasteiger charge is -2.10. The third-order valence-electron chi connectivity index (χ3n) is 4.38. The van der Waals surface area contributed by atoms with Crippen molar-refractivity contribution in [1.29, 1.82) is 0 Å². The lowest BCUT2D eigenvalue weighted by atomic mass is 10.1. The molecule has 1 heterocycles. The van der Waals surface area contributed by atoms with E-state index >= 15 is 0 Å². The minimum absolute atomic E-state index is 0.279. The lowest BCUT2D eigenvalue weighted by Crippen LogP contribution is -2.17. The third kappa shape index (κ3) is 5.67. The van der Waals surface area contributed by atoms with Gasteiger partial charge in [-0.2, -0.15) is 5.10 Å². The highest BCUT2D eigenvalue weighted by Gasteiger charge is 2.07. The van der Waals surface area contributed by atoms with E-state index in [9.17, 15) is 4.79 Å². The van der Waals surface area contributed by atoms with Gasteiger partial charge in [0.2, 0.25) is 0 Å². The zero-order chi connectivity index (χ0) is 21.3. The second-order valence-electron chi connectivity index (χ2n) is 6.64. The molecule has 1 amide bonds. The molecule has 30 heavy (non-hydrogen) atoms. The van der Waals surface area contributed by atoms with Gasteiger partial charge in [0, 0.05) is 16.5 Å². The SMILES string of the molecule is CCCCOc1ccc(/C=N/NC(=O)c2ccc(-c3csc(C)n3)cc2)cc1OC. The monoisotopic (exact) mass is 423 g/mol. The molecule has 7 heteroatoms. The number of amides is 1. The van der Waals surface area contributed by atoms with E-state index in [1.807, 2.05) is 42.6 Å². The van der Waals surface area contributed by atoms with Gasteiger partial charge in [0.25, 0.3) is 5.91 Å². The zero-order valence-corrected chi connectivity index (χ0v) is 18.2. The fourth-order valence-electron chi connectivity index (χ4n) is 2.73. The molecule has 1 aromatic heterocycles. The summed E-state index contributed by atoms with van der Waals surface area (Å²) in [7, 11) is 1.60. The highest BCUT2D eigenvalue weighted by Crippen LogP contribution is 2.27. The Kier molecular flexibility index (Phi) is 7.57. The van der Waals surface area contributed by atoms with Crippen LogP contribution in [0, 0.1) is 6.92 Å². The third-order valence-corrected chi connectivity index (χ3v) is 5.16. The van der Waals surface area contributed by atoms with Crippen molar-refractivity contribution < 1.29 is 14.3 Å². The largest absolute Gasteiger partial charge is 0.493 e. The first kappa shape index (κ1) is 21.5. The Morgan fingerprint density at radius 2 is 2.00 bits per heavy atom. The van der Waals surface area contributed by atoms with Gasteiger partial charge in [0.15, 0.2) is 11.5 Å². The Morgan fingerprint density at radius 1 is 1.20 bits per heavy atom. The first-order valence-electron chi connectivity index (χ1n) is 9.77. The number of unbranched alkanes of at least 4 members (excludes halogenated alkanes) is 1. The predicted molar refractivity (Wildman–Crippen MR) is 121 cm³/mol. The number of hydrazone groups is 1. The number of nitrogens with one attached hydrogen (secondary N) is 1. The molecular formula is C23H25N3O3S. The van der Waals surface area contributed by atoms with Gasteiger partial charge in [-0.05, 0) is 49.2 Å². The van der Waals surface area contributed by atoms with Crippen molar-refractivity contribution in [3.63, 3.8) is 0 Å². The van der Waals surface area contributed by atoms with Crippen molar-refractivity contribution in [1.82, 2.24) is 10.4 Å². The average molecular weight is 424 g/mol. The van der Waals surface area contributed by atoms with Crippen LogP contribution >= 0.6 is 11.3 Å². The maximum absolute atomic E-state index is 12.3. The summed E-state index contributed by atoms with van der Waals surface area (Å²) in [6, 6.07) is 12.8. The molecule has 1 N–H and O–H groups in total. The molecule has 0 bridgehead atoms. The summed E-state index contributed by atoms with van der Waals surface area (Å²) in [6.07, 6.45) is 3.63. The summed E-state index contributed by atoms with van der Waals surface area (Å²) in [6.45, 7) is 4.73. The predicted octanol–water partition coefficient (Wildman–Crippen LogP) is 5.07. The van der Waals surface area contributed by atoms with Gasteiger partial charge in [-0.25, -0.2) is 10.4 Å². The van der Waals surface area contributed by atoms with Gasteiger partial charge < -0.3 is 9.47 Å². The van der Waals surface area contributed by atoms with Crippen LogP contribution in [0.25, 0.3) is 11.3 Å². The summed E-state index contributed by atoms with van der Waals surface area (Å²) < 4.78 is 11.1. The van der Waals surface area contributed by atoms with E-state index in [-0.39, 0.29) is 5.91 Å². The number of aromatic nitrogens is 1. The molecule has 3 aromatic rings. The van der Waals surface area contributed by atoms with E-state index in [2.05, 4.69) is 22.4 Å². The van der Waals surface area contributed by atoms with E-state index in [1.54, 1.807) is 36.8 Å². The number of hydrogen-bond acceptors (Lipinski definition) is 6. The van der Waals surface area contributed by atoms with Crippen LogP contribution in [0.3, 0.4) is 0 Å². The van der Waals surface area contributed by atoms with Crippen molar-refractivity contribution in [2.24, 2.45) is 5.10 Å². The molecule has 6 nitrogen and oxygen atoms in total. The number of rotatable bonds is 9. The van der Waals surface area contributed by atoms with Crippen molar-refractivity contribution in [2.45, 2.75) is 26.7 Å². The molecule has 0 fully saturated rings. The molecule has 0 atom stereocenters. The van der Waals surface area contributed by atoms with Gasteiger partial charge >= 0.3 is 0 Å². The molecule has 3 rings (SSSR count). The molecule has 156 valence electrons. The van der Waals surface area contributed by atoms with Crippen LogP contribution in [0.2, 0.25) is 0 Å². The highest BCUT2D eigenvalue weighted by molar-refractivity contribution is 7.09. The van der Waals surface area contributed by atoms with Crippen LogP contribution in [-0.2, 0) is 0 Å². The van der Waals surface area contributed by atoms with Gasteiger partial charge in [-0.15, -0.1) is 11.3 Å². The Balaban J connectivity index is 1.59. The number of benzene rings is 2. The normalized spacial score (nSPS) is 10.9. The Morgan fingerprint density at radius 3 is 2.67 bits per heavy atom. The van der Waals surface area contributed by atoms with Crippen LogP contribution in [-0.4, -0.2) is 30.8 Å². The Labute approximate surface area is 180 Å². The molecule has 0 aliphatic carbocycles. The summed E-state index contributed by atoms with van der Waals surface area (Å²) in [5, 5.41) is 7.07. The molecule has 0 saturated heterocycles. The second-order valence-corrected chi connectivity index (χ2v) is 7.70. The van der Waals surface area contributed by atoms with E-state index < -0.39 is 0 Å². The lowest BCUT2D eigenvalue weighted by molar-refractivity contribution is 0.0955. The van der Waals surface area contributed by atoms with Crippen LogP contribution in [0.1, 0.15) is 40.7 Å². The first-order valence-corrected chi connectivity index (χ1v) is 10.7. The summed E-state index contributed by atoms with van der Waals surface area (Å²) >= 11 is 1.60. The standard InChI is InChI=1S/C23H25N3O3S/c1-4-5-12-29-21-11-6-17(13-22(21)28-3)14-24-26-23(27)19-9-7-18(8-10-19)20-15-30-16(2)25-20/h6-11,13-15H,4-5,12H2,1-3H3,(H,26,27)/b24-14+. The minimum atomic E-state index is -0.279. The first-order chi connectivity index (χ1) is 14.6. The van der Waals surface area contributed by atoms with E-state index in [0.29, 0.717) is 23.7 Å². The van der Waals surface area contributed by atoms with Crippen molar-refractivity contribution in [3.8, 4) is 22.8 Å². The fourth-order valence-corrected chi connectivity index (χ4v) is 3.35. The Hall–Kier alpha value is -3.19. The minimum Gasteiger partial charge on any atom is -0.493 e. The van der Waals surface area contributed by atoms with Crippen molar-refractivity contribution in [2.75, 3.05) is 13.7 Å². The average Bonchev–Trinajstić information content (AvgIpc) is 3.21. The van der Waals surface area contributed by atoms with Crippen LogP contribution in [0.4, 0.5) is 0 Å². The molecule has 0 unspecified atom stereocenters. The second kappa shape index (κ2) is 10.5. The number of thiazole rings is 1. The van der Waals surface area contributed by atoms with Crippen molar-refractivity contribution >= 4 is 23.5 Å². The maximum Gasteiger partial charge on any atom is 0.271 e. The number of methoxy groups -OCH3 is 1. The number of aryl methyl sites for hydroxylation is 1. The van der Waals surface area contributed by atoms with Gasteiger partial charge in [0.05, 0.1) is 30.6 Å². The van der Waals surface area contributed by atoms with Crippen LogP contribution < -0.4 is 14.9 Å². The van der Waals surface area contributed by atoms with E-state index in [0.717, 1.165) is 34.7 Å². The maximum atomic E-state index is 12.3. The van der Waals surface area contributed by atoms with E-state index in [1.165, 1.54) is 0 Å². The van der Waals surface area contributed by atoms with Crippen molar-refractivity contribution in [3.05, 3.63) is 64.0 Å². The number of carbonyl (C=O) groups excluding carboxylic acids is 1. The van der Waals surface area contributed by atoms with E-state index in [4.69, 9.17) is 9.47 Å². The summed E-state index contributed by atoms with van der Waals surface area (Å²) in [4.78, 5) is 16.8. The smallest absolute Gasteiger partial charge is 0.271 e. The van der Waals surface area contributed by atoms with Gasteiger partial charge in [0.1, 0.15) is 0 Å². The molecule has 0 spiro atoms. The van der Waals surface area contributed by atoms with Crippen LogP contribution in [0.5, 0.6) is 11.5 Å². The fraction of sp³-hybridized carbons (Fsp3) is 0.261. The van der Waals surface area contributed by atoms with Crippen LogP contribution in [0.15, 0.2) is 52.9 Å². The Bertz CT molecular complexity index is 1010. The molecule has 0 aliphatic rings. The molecule has 0 saturated carbocycles. The molecule has 2 aromatic carbocycles. The summed E-state index contributed by atoms with van der Waals surface area (Å²) in [5.41, 5.74) is 5.77. The molecule has 0 radical (unpaired) electrons. The topological polar surface area (TPSA) is 72.8 Å². The zero-order valence-electron chi connectivity index (χ0n) is 17.3. The number of carbonyl (C=O) groups is 1.